The molecule has 1 saturated heterocycles. The Labute approximate surface area is 229 Å². The number of halogens is 3. The number of aliphatic imine (C=N–C) groups is 1. The molecule has 0 bridgehead atoms. The normalized spacial score (nSPS) is 25.2. The van der Waals surface area contributed by atoms with Crippen LogP contribution in [-0.4, -0.2) is 65.8 Å². The minimum absolute atomic E-state index is 0.168. The van der Waals surface area contributed by atoms with Gasteiger partial charge in [0.2, 0.25) is 5.96 Å². The SMILES string of the molecule is COc1cc(NC2=NC(N)(N3CC[C@@H](F)C3)C3=C(N2)C(c2ccc(F)cc2)COC3)ccc1-n1cnc(Cl)c1. The quantitative estimate of drug-likeness (QED) is 0.440. The molecule has 4 N–H and O–H groups in total. The van der Waals surface area contributed by atoms with Crippen LogP contribution in [0.3, 0.4) is 0 Å². The molecule has 39 heavy (non-hydrogen) atoms. The van der Waals surface area contributed by atoms with Gasteiger partial charge in [0.15, 0.2) is 5.79 Å². The van der Waals surface area contributed by atoms with Crippen LogP contribution >= 0.6 is 11.6 Å². The number of anilines is 1. The number of likely N-dealkylation sites (tertiary alicyclic amines) is 1. The number of nitrogens with one attached hydrogen (secondary N) is 2. The van der Waals surface area contributed by atoms with Crippen LogP contribution in [0.1, 0.15) is 17.9 Å². The van der Waals surface area contributed by atoms with Gasteiger partial charge in [-0.05, 0) is 36.2 Å². The number of alkyl halides is 1. The Bertz CT molecular complexity index is 1440. The molecule has 0 saturated carbocycles. The van der Waals surface area contributed by atoms with Crippen LogP contribution in [-0.2, 0) is 4.74 Å². The fourth-order valence-electron chi connectivity index (χ4n) is 5.35. The maximum Gasteiger partial charge on any atom is 0.203 e. The second-order valence-corrected chi connectivity index (χ2v) is 10.2. The molecule has 2 aromatic carbocycles. The Morgan fingerprint density at radius 2 is 2.08 bits per heavy atom. The fraction of sp³-hybridized carbons (Fsp3) is 0.333. The minimum Gasteiger partial charge on any atom is -0.494 e. The van der Waals surface area contributed by atoms with Crippen LogP contribution in [0.2, 0.25) is 5.15 Å². The Morgan fingerprint density at radius 1 is 1.26 bits per heavy atom. The number of hydrogen-bond donors (Lipinski definition) is 3. The molecule has 9 nitrogen and oxygen atoms in total. The third kappa shape index (κ3) is 4.87. The van der Waals surface area contributed by atoms with Crippen molar-refractivity contribution < 1.29 is 18.3 Å². The summed E-state index contributed by atoms with van der Waals surface area (Å²) in [5.41, 5.74) is 10.9. The standard InChI is InChI=1S/C27H28ClF2N7O2/c1-38-23-10-19(6-7-22(23)36-12-24(28)32-15-36)33-26-34-25-20(16-2-4-17(29)5-3-16)13-39-14-21(25)27(31,35-26)37-9-8-18(30)11-37/h2-7,10,12,15,18,20H,8-9,11,13-14,31H2,1H3,(H2,33,34,35)/t18-,20?,27?/m1/s1. The molecule has 0 spiro atoms. The summed E-state index contributed by atoms with van der Waals surface area (Å²) >= 11 is 5.99. The van der Waals surface area contributed by atoms with Gasteiger partial charge >= 0.3 is 0 Å². The van der Waals surface area contributed by atoms with Gasteiger partial charge in [-0.2, -0.15) is 0 Å². The molecule has 3 aliphatic rings. The predicted octanol–water partition coefficient (Wildman–Crippen LogP) is 3.77. The zero-order chi connectivity index (χ0) is 27.1. The predicted molar refractivity (Wildman–Crippen MR) is 144 cm³/mol. The zero-order valence-electron chi connectivity index (χ0n) is 21.2. The monoisotopic (exact) mass is 555 g/mol. The first kappa shape index (κ1) is 25.8. The molecule has 204 valence electrons. The summed E-state index contributed by atoms with van der Waals surface area (Å²) in [5.74, 6) is -0.899. The molecule has 1 fully saturated rings. The minimum atomic E-state index is -1.32. The number of guanidine groups is 1. The molecule has 3 atom stereocenters. The van der Waals surface area contributed by atoms with E-state index in [1.807, 2.05) is 23.1 Å². The summed E-state index contributed by atoms with van der Waals surface area (Å²) in [7, 11) is 1.58. The third-order valence-electron chi connectivity index (χ3n) is 7.34. The lowest BCUT2D eigenvalue weighted by Crippen LogP contribution is -2.62. The average Bonchev–Trinajstić information content (AvgIpc) is 3.57. The van der Waals surface area contributed by atoms with Gasteiger partial charge in [-0.3, -0.25) is 10.6 Å². The van der Waals surface area contributed by atoms with Crippen molar-refractivity contribution in [3.8, 4) is 11.4 Å². The van der Waals surface area contributed by atoms with Gasteiger partial charge in [0.25, 0.3) is 0 Å². The summed E-state index contributed by atoms with van der Waals surface area (Å²) in [6.45, 7) is 1.25. The number of hydrogen-bond acceptors (Lipinski definition) is 8. The van der Waals surface area contributed by atoms with Crippen LogP contribution in [0.5, 0.6) is 5.75 Å². The number of nitrogens with two attached hydrogens (primary N) is 1. The molecule has 0 radical (unpaired) electrons. The van der Waals surface area contributed by atoms with Crippen molar-refractivity contribution in [3.63, 3.8) is 0 Å². The molecule has 4 heterocycles. The van der Waals surface area contributed by atoms with E-state index in [0.29, 0.717) is 42.1 Å². The van der Waals surface area contributed by atoms with Crippen molar-refractivity contribution in [3.05, 3.63) is 82.8 Å². The number of ether oxygens (including phenoxy) is 2. The first-order chi connectivity index (χ1) is 18.8. The Hall–Kier alpha value is -3.51. The maximum absolute atomic E-state index is 14.3. The lowest BCUT2D eigenvalue weighted by Gasteiger charge is -2.44. The maximum atomic E-state index is 14.3. The lowest BCUT2D eigenvalue weighted by atomic mass is 9.88. The van der Waals surface area contributed by atoms with Gasteiger partial charge in [-0.25, -0.2) is 18.8 Å². The number of methoxy groups -OCH3 is 1. The molecule has 12 heteroatoms. The van der Waals surface area contributed by atoms with Crippen LogP contribution < -0.4 is 21.1 Å². The molecule has 3 aromatic rings. The number of nitrogens with zero attached hydrogens (tertiary/aromatic N) is 4. The smallest absolute Gasteiger partial charge is 0.203 e. The number of imidazole rings is 1. The highest BCUT2D eigenvalue weighted by Crippen LogP contribution is 2.39. The van der Waals surface area contributed by atoms with E-state index in [9.17, 15) is 8.78 Å². The van der Waals surface area contributed by atoms with Gasteiger partial charge in [0.1, 0.15) is 29.2 Å². The first-order valence-corrected chi connectivity index (χ1v) is 13.0. The lowest BCUT2D eigenvalue weighted by molar-refractivity contribution is 0.0809. The molecule has 3 aliphatic heterocycles. The highest BCUT2D eigenvalue weighted by Gasteiger charge is 2.47. The van der Waals surface area contributed by atoms with Crippen LogP contribution in [0.15, 0.2) is 71.3 Å². The topological polar surface area (TPSA) is 102 Å². The van der Waals surface area contributed by atoms with Gasteiger partial charge in [0, 0.05) is 48.2 Å². The summed E-state index contributed by atoms with van der Waals surface area (Å²) < 4.78 is 41.3. The van der Waals surface area contributed by atoms with Gasteiger partial charge < -0.3 is 24.7 Å². The summed E-state index contributed by atoms with van der Waals surface area (Å²) in [6, 6.07) is 11.9. The van der Waals surface area contributed by atoms with E-state index >= 15 is 0 Å². The van der Waals surface area contributed by atoms with Crippen LogP contribution in [0.4, 0.5) is 14.5 Å². The first-order valence-electron chi connectivity index (χ1n) is 12.6. The molecule has 6 rings (SSSR count). The van der Waals surface area contributed by atoms with Crippen molar-refractivity contribution in [1.29, 1.82) is 0 Å². The molecule has 0 aliphatic carbocycles. The second kappa shape index (κ2) is 10.2. The van der Waals surface area contributed by atoms with E-state index in [-0.39, 0.29) is 24.9 Å². The summed E-state index contributed by atoms with van der Waals surface area (Å²) in [5, 5.41) is 7.10. The fourth-order valence-corrected chi connectivity index (χ4v) is 5.50. The Morgan fingerprint density at radius 3 is 2.77 bits per heavy atom. The molecular formula is C27H28ClF2N7O2. The average molecular weight is 556 g/mol. The number of benzene rings is 2. The molecule has 0 amide bonds. The highest BCUT2D eigenvalue weighted by atomic mass is 35.5. The number of rotatable bonds is 5. The molecular weight excluding hydrogens is 528 g/mol. The van der Waals surface area contributed by atoms with Crippen LogP contribution in [0, 0.1) is 5.82 Å². The van der Waals surface area contributed by atoms with Gasteiger partial charge in [0.05, 0.1) is 26.0 Å². The van der Waals surface area contributed by atoms with E-state index in [4.69, 9.17) is 31.8 Å². The van der Waals surface area contributed by atoms with E-state index in [1.54, 1.807) is 36.3 Å². The van der Waals surface area contributed by atoms with Crippen molar-refractivity contribution >= 4 is 23.2 Å². The Kier molecular flexibility index (Phi) is 6.76. The summed E-state index contributed by atoms with van der Waals surface area (Å²) in [4.78, 5) is 10.8. The zero-order valence-corrected chi connectivity index (χ0v) is 22.0. The Balaban J connectivity index is 1.36. The molecule has 1 aromatic heterocycles. The van der Waals surface area contributed by atoms with Crippen molar-refractivity contribution in [2.45, 2.75) is 24.3 Å². The van der Waals surface area contributed by atoms with E-state index in [2.05, 4.69) is 15.6 Å². The van der Waals surface area contributed by atoms with Gasteiger partial charge in [-0.1, -0.05) is 23.7 Å². The van der Waals surface area contributed by atoms with E-state index in [0.717, 1.165) is 22.5 Å². The van der Waals surface area contributed by atoms with Crippen molar-refractivity contribution in [2.75, 3.05) is 38.7 Å². The second-order valence-electron chi connectivity index (χ2n) is 9.77. The number of aromatic nitrogens is 2. The van der Waals surface area contributed by atoms with Gasteiger partial charge in [-0.15, -0.1) is 0 Å². The summed E-state index contributed by atoms with van der Waals surface area (Å²) in [6.07, 6.45) is 2.69. The van der Waals surface area contributed by atoms with Crippen molar-refractivity contribution in [2.24, 2.45) is 10.7 Å². The molecule has 2 unspecified atom stereocenters. The van der Waals surface area contributed by atoms with Crippen LogP contribution in [0.25, 0.3) is 5.69 Å². The van der Waals surface area contributed by atoms with E-state index < -0.39 is 12.0 Å². The van der Waals surface area contributed by atoms with E-state index in [1.165, 1.54) is 12.1 Å². The third-order valence-corrected chi connectivity index (χ3v) is 7.54. The largest absolute Gasteiger partial charge is 0.494 e. The van der Waals surface area contributed by atoms with Crippen molar-refractivity contribution in [1.82, 2.24) is 19.8 Å². The highest BCUT2D eigenvalue weighted by molar-refractivity contribution is 6.29.